The number of thiocarbonyl (C=S) groups is 1. The van der Waals surface area contributed by atoms with Gasteiger partial charge in [0.15, 0.2) is 15.8 Å². The van der Waals surface area contributed by atoms with Gasteiger partial charge in [-0.25, -0.2) is 0 Å². The third kappa shape index (κ3) is 3.47. The van der Waals surface area contributed by atoms with Crippen LogP contribution in [0.4, 0.5) is 11.4 Å². The molecule has 7 heteroatoms. The Bertz CT molecular complexity index is 953. The normalized spacial score (nSPS) is 16.9. The molecule has 2 aromatic rings. The number of fused-ring (bicyclic) bond motifs is 1. The lowest BCUT2D eigenvalue weighted by molar-refractivity contribution is -0.113. The van der Waals surface area contributed by atoms with Crippen molar-refractivity contribution in [2.75, 3.05) is 29.7 Å². The van der Waals surface area contributed by atoms with E-state index in [2.05, 4.69) is 18.7 Å². The maximum absolute atomic E-state index is 13.0. The first-order valence-electron chi connectivity index (χ1n) is 9.13. The van der Waals surface area contributed by atoms with Crippen molar-refractivity contribution in [2.24, 2.45) is 0 Å². The molecule has 0 unspecified atom stereocenters. The van der Waals surface area contributed by atoms with E-state index in [-0.39, 0.29) is 12.7 Å². The van der Waals surface area contributed by atoms with Crippen molar-refractivity contribution >= 4 is 51.7 Å². The highest BCUT2D eigenvalue weighted by Gasteiger charge is 2.33. The van der Waals surface area contributed by atoms with Gasteiger partial charge in [-0.05, 0) is 61.9 Å². The van der Waals surface area contributed by atoms with Crippen LogP contribution in [0.5, 0.6) is 11.5 Å². The van der Waals surface area contributed by atoms with Crippen LogP contribution in [0, 0.1) is 0 Å². The molecule has 4 rings (SSSR count). The molecule has 0 N–H and O–H groups in total. The lowest BCUT2D eigenvalue weighted by Gasteiger charge is -2.22. The summed E-state index contributed by atoms with van der Waals surface area (Å²) in [5.74, 6) is 1.30. The number of benzene rings is 2. The lowest BCUT2D eigenvalue weighted by Crippen LogP contribution is -2.27. The Labute approximate surface area is 173 Å². The van der Waals surface area contributed by atoms with Crippen molar-refractivity contribution in [3.05, 3.63) is 52.9 Å². The molecule has 0 aliphatic carbocycles. The fraction of sp³-hybridized carbons (Fsp3) is 0.238. The summed E-state index contributed by atoms with van der Waals surface area (Å²) in [6.45, 7) is 6.36. The molecule has 2 heterocycles. The van der Waals surface area contributed by atoms with Crippen LogP contribution >= 0.6 is 24.0 Å². The summed E-state index contributed by atoms with van der Waals surface area (Å²) in [6.07, 6.45) is 1.84. The smallest absolute Gasteiger partial charge is 0.270 e. The molecule has 1 saturated heterocycles. The third-order valence-corrected chi connectivity index (χ3v) is 6.03. The van der Waals surface area contributed by atoms with Crippen molar-refractivity contribution < 1.29 is 14.3 Å². The first-order chi connectivity index (χ1) is 13.6. The number of hydrogen-bond acceptors (Lipinski definition) is 6. The van der Waals surface area contributed by atoms with Crippen molar-refractivity contribution in [3.8, 4) is 11.5 Å². The third-order valence-electron chi connectivity index (χ3n) is 4.72. The minimum absolute atomic E-state index is 0.108. The predicted molar refractivity (Wildman–Crippen MR) is 118 cm³/mol. The highest BCUT2D eigenvalue weighted by molar-refractivity contribution is 8.27. The molecule has 1 fully saturated rings. The summed E-state index contributed by atoms with van der Waals surface area (Å²) < 4.78 is 11.3. The molecule has 28 heavy (non-hydrogen) atoms. The Hall–Kier alpha value is -2.51. The molecule has 2 aromatic carbocycles. The topological polar surface area (TPSA) is 42.0 Å². The van der Waals surface area contributed by atoms with E-state index in [1.807, 2.05) is 48.5 Å². The highest BCUT2D eigenvalue weighted by atomic mass is 32.2. The second-order valence-electron chi connectivity index (χ2n) is 6.32. The fourth-order valence-corrected chi connectivity index (χ4v) is 4.54. The first kappa shape index (κ1) is 18.8. The van der Waals surface area contributed by atoms with Gasteiger partial charge in [0.1, 0.15) is 0 Å². The molecule has 0 radical (unpaired) electrons. The molecule has 2 aliphatic rings. The molecule has 0 bridgehead atoms. The average Bonchev–Trinajstić information content (AvgIpc) is 3.27. The van der Waals surface area contributed by atoms with Gasteiger partial charge in [0.25, 0.3) is 5.91 Å². The molecule has 2 aliphatic heterocycles. The van der Waals surface area contributed by atoms with E-state index in [0.29, 0.717) is 15.0 Å². The first-order valence-corrected chi connectivity index (χ1v) is 10.4. The van der Waals surface area contributed by atoms with Crippen LogP contribution in [0.25, 0.3) is 6.08 Å². The van der Waals surface area contributed by atoms with Crippen LogP contribution < -0.4 is 19.3 Å². The minimum atomic E-state index is -0.108. The van der Waals surface area contributed by atoms with Gasteiger partial charge >= 0.3 is 0 Å². The summed E-state index contributed by atoms with van der Waals surface area (Å²) >= 11 is 6.79. The van der Waals surface area contributed by atoms with Crippen LogP contribution in [-0.4, -0.2) is 30.1 Å². The van der Waals surface area contributed by atoms with Gasteiger partial charge in [-0.15, -0.1) is 0 Å². The zero-order valence-electron chi connectivity index (χ0n) is 15.7. The van der Waals surface area contributed by atoms with Gasteiger partial charge < -0.3 is 14.4 Å². The van der Waals surface area contributed by atoms with E-state index in [4.69, 9.17) is 21.7 Å². The summed E-state index contributed by atoms with van der Waals surface area (Å²) in [4.78, 5) is 17.4. The molecule has 1 amide bonds. The number of carbonyl (C=O) groups is 1. The molecular weight excluding hydrogens is 392 g/mol. The van der Waals surface area contributed by atoms with Crippen LogP contribution in [0.15, 0.2) is 47.4 Å². The van der Waals surface area contributed by atoms with Crippen LogP contribution in [0.2, 0.25) is 0 Å². The molecule has 144 valence electrons. The number of rotatable bonds is 5. The largest absolute Gasteiger partial charge is 0.454 e. The maximum Gasteiger partial charge on any atom is 0.270 e. The highest BCUT2D eigenvalue weighted by Crippen LogP contribution is 2.38. The van der Waals surface area contributed by atoms with Crippen LogP contribution in [-0.2, 0) is 4.79 Å². The van der Waals surface area contributed by atoms with E-state index in [1.165, 1.54) is 11.8 Å². The molecule has 0 atom stereocenters. The van der Waals surface area contributed by atoms with Crippen molar-refractivity contribution in [1.29, 1.82) is 0 Å². The second kappa shape index (κ2) is 7.85. The minimum Gasteiger partial charge on any atom is -0.454 e. The van der Waals surface area contributed by atoms with E-state index in [0.717, 1.165) is 35.8 Å². The quantitative estimate of drug-likeness (QED) is 0.525. The number of carbonyl (C=O) groups excluding carboxylic acids is 1. The van der Waals surface area contributed by atoms with E-state index < -0.39 is 0 Å². The maximum atomic E-state index is 13.0. The van der Waals surface area contributed by atoms with Gasteiger partial charge in [-0.3, -0.25) is 9.69 Å². The summed E-state index contributed by atoms with van der Waals surface area (Å²) in [6, 6.07) is 13.6. The van der Waals surface area contributed by atoms with Gasteiger partial charge in [-0.2, -0.15) is 0 Å². The number of amides is 1. The second-order valence-corrected chi connectivity index (χ2v) is 7.99. The van der Waals surface area contributed by atoms with E-state index in [1.54, 1.807) is 4.90 Å². The van der Waals surface area contributed by atoms with Crippen molar-refractivity contribution in [3.63, 3.8) is 0 Å². The Balaban J connectivity index is 1.57. The van der Waals surface area contributed by atoms with Gasteiger partial charge in [0.05, 0.1) is 10.6 Å². The zero-order valence-corrected chi connectivity index (χ0v) is 17.3. The zero-order chi connectivity index (χ0) is 19.7. The number of anilines is 2. The van der Waals surface area contributed by atoms with Crippen LogP contribution in [0.1, 0.15) is 19.4 Å². The summed E-state index contributed by atoms with van der Waals surface area (Å²) in [5, 5.41) is 0. The molecular formula is C21H20N2O3S2. The number of nitrogens with zero attached hydrogens (tertiary/aromatic N) is 2. The summed E-state index contributed by atoms with van der Waals surface area (Å²) in [7, 11) is 0. The molecule has 5 nitrogen and oxygen atoms in total. The Morgan fingerprint density at radius 3 is 2.54 bits per heavy atom. The molecule has 0 aromatic heterocycles. The molecule has 0 saturated carbocycles. The van der Waals surface area contributed by atoms with E-state index >= 15 is 0 Å². The monoisotopic (exact) mass is 412 g/mol. The van der Waals surface area contributed by atoms with Gasteiger partial charge in [-0.1, -0.05) is 30.0 Å². The van der Waals surface area contributed by atoms with Crippen LogP contribution in [0.3, 0.4) is 0 Å². The summed E-state index contributed by atoms with van der Waals surface area (Å²) in [5.41, 5.74) is 2.80. The van der Waals surface area contributed by atoms with E-state index in [9.17, 15) is 4.79 Å². The predicted octanol–water partition coefficient (Wildman–Crippen LogP) is 4.67. The fourth-order valence-electron chi connectivity index (χ4n) is 3.25. The SMILES string of the molecule is CCN(CC)c1ccc(N2C(=O)C(=Cc3ccc4c(c3)OCO4)SC2=S)cc1. The van der Waals surface area contributed by atoms with Gasteiger partial charge in [0, 0.05) is 18.8 Å². The number of thioether (sulfide) groups is 1. The van der Waals surface area contributed by atoms with Crippen molar-refractivity contribution in [2.45, 2.75) is 13.8 Å². The van der Waals surface area contributed by atoms with Gasteiger partial charge in [0.2, 0.25) is 6.79 Å². The average molecular weight is 413 g/mol. The Morgan fingerprint density at radius 1 is 1.11 bits per heavy atom. The standard InChI is InChI=1S/C21H20N2O3S2/c1-3-22(4-2)15-6-8-16(9-7-15)23-20(24)19(28-21(23)27)12-14-5-10-17-18(11-14)26-13-25-17/h5-12H,3-4,13H2,1-2H3. The van der Waals surface area contributed by atoms with Crippen molar-refractivity contribution in [1.82, 2.24) is 0 Å². The Morgan fingerprint density at radius 2 is 1.82 bits per heavy atom. The number of ether oxygens (including phenoxy) is 2. The lowest BCUT2D eigenvalue weighted by atomic mass is 10.2. The Kier molecular flexibility index (Phi) is 5.28. The number of hydrogen-bond donors (Lipinski definition) is 0. The molecule has 0 spiro atoms.